The molecule has 2 fully saturated rings. The molecule has 1 aromatic heterocycles. The molecule has 4 amide bonds. The lowest BCUT2D eigenvalue weighted by molar-refractivity contribution is -0.140. The van der Waals surface area contributed by atoms with E-state index in [2.05, 4.69) is 20.9 Å². The van der Waals surface area contributed by atoms with E-state index in [0.717, 1.165) is 35.4 Å². The highest BCUT2D eigenvalue weighted by Crippen LogP contribution is 2.33. The molecule has 2 heterocycles. The molecule has 1 aromatic carbocycles. The van der Waals surface area contributed by atoms with Gasteiger partial charge in [-0.2, -0.15) is 10.1 Å². The monoisotopic (exact) mass is 414 g/mol. The van der Waals surface area contributed by atoms with Crippen LogP contribution < -0.4 is 10.7 Å². The molecule has 0 unspecified atom stereocenters. The molecule has 1 saturated heterocycles. The van der Waals surface area contributed by atoms with E-state index in [-0.39, 0.29) is 11.3 Å². The van der Waals surface area contributed by atoms with Crippen molar-refractivity contribution < 1.29 is 14.4 Å². The maximum Gasteiger partial charge on any atom is 0.344 e. The first-order valence-electron chi connectivity index (χ1n) is 9.58. The number of hydrazine groups is 1. The molecule has 1 spiro atoms. The van der Waals surface area contributed by atoms with Crippen LogP contribution in [0, 0.1) is 11.7 Å². The Kier molecular flexibility index (Phi) is 4.95. The van der Waals surface area contributed by atoms with Gasteiger partial charge >= 0.3 is 6.03 Å². The van der Waals surface area contributed by atoms with Gasteiger partial charge in [-0.1, -0.05) is 49.1 Å². The minimum absolute atomic E-state index is 0.178. The molecule has 1 saturated carbocycles. The highest BCUT2D eigenvalue weighted by atomic mass is 32.1. The van der Waals surface area contributed by atoms with Crippen molar-refractivity contribution in [3.63, 3.8) is 0 Å². The Morgan fingerprint density at radius 1 is 1.21 bits per heavy atom. The van der Waals surface area contributed by atoms with Gasteiger partial charge in [-0.15, -0.1) is 0 Å². The molecular weight excluding hydrogens is 392 g/mol. The number of hydrogen-bond donors (Lipinski definition) is 3. The number of benzene rings is 1. The average molecular weight is 414 g/mol. The molecule has 2 aromatic rings. The molecule has 152 valence electrons. The number of hydrogen-bond acceptors (Lipinski definition) is 5. The Morgan fingerprint density at radius 2 is 1.90 bits per heavy atom. The second-order valence-corrected chi connectivity index (χ2v) is 7.94. The van der Waals surface area contributed by atoms with Crippen LogP contribution >= 0.6 is 12.2 Å². The summed E-state index contributed by atoms with van der Waals surface area (Å²) in [5.41, 5.74) is 3.44. The van der Waals surface area contributed by atoms with Crippen molar-refractivity contribution in [2.45, 2.75) is 51.1 Å². The van der Waals surface area contributed by atoms with Gasteiger partial charge < -0.3 is 5.32 Å². The number of carbonyl (C=O) groups excluding carboxylic acids is 3. The minimum Gasteiger partial charge on any atom is -0.322 e. The largest absolute Gasteiger partial charge is 0.344 e. The van der Waals surface area contributed by atoms with Gasteiger partial charge in [-0.3, -0.25) is 24.7 Å². The Labute approximate surface area is 172 Å². The fourth-order valence-electron chi connectivity index (χ4n) is 3.91. The zero-order chi connectivity index (χ0) is 20.6. The van der Waals surface area contributed by atoms with Crippen LogP contribution in [0.2, 0.25) is 0 Å². The summed E-state index contributed by atoms with van der Waals surface area (Å²) in [6.45, 7) is 1.80. The van der Waals surface area contributed by atoms with Gasteiger partial charge in [0.1, 0.15) is 12.1 Å². The topological polar surface area (TPSA) is 112 Å². The van der Waals surface area contributed by atoms with Gasteiger partial charge in [0.15, 0.2) is 10.6 Å². The number of aromatic amines is 1. The standard InChI is InChI=1S/C19H22N6O3S/c1-12-5-7-13(8-6-12)15-21-22-18(29)24(15)11-14(26)23-25-16(27)19(20-17(25)28)9-3-2-4-10-19/h5-8H,2-4,9-11H2,1H3,(H,20,28)(H,22,29)(H,23,26). The number of amides is 4. The molecule has 9 nitrogen and oxygen atoms in total. The predicted octanol–water partition coefficient (Wildman–Crippen LogP) is 2.20. The second-order valence-electron chi connectivity index (χ2n) is 7.55. The summed E-state index contributed by atoms with van der Waals surface area (Å²) in [6, 6.07) is 7.06. The molecule has 1 aliphatic carbocycles. The normalized spacial score (nSPS) is 18.2. The van der Waals surface area contributed by atoms with E-state index in [1.54, 1.807) is 0 Å². The fourth-order valence-corrected chi connectivity index (χ4v) is 4.10. The molecule has 4 rings (SSSR count). The molecule has 10 heteroatoms. The molecule has 3 N–H and O–H groups in total. The third-order valence-corrected chi connectivity index (χ3v) is 5.79. The SMILES string of the molecule is Cc1ccc(-c2n[nH]c(=S)n2CC(=O)NN2C(=O)NC3(CCCCC3)C2=O)cc1. The number of rotatable bonds is 4. The number of aromatic nitrogens is 3. The Morgan fingerprint density at radius 3 is 2.59 bits per heavy atom. The van der Waals surface area contributed by atoms with E-state index in [0.29, 0.717) is 18.7 Å². The van der Waals surface area contributed by atoms with E-state index < -0.39 is 23.4 Å². The summed E-state index contributed by atoms with van der Waals surface area (Å²) >= 11 is 5.25. The summed E-state index contributed by atoms with van der Waals surface area (Å²) in [5.74, 6) is -0.427. The molecule has 2 aliphatic rings. The number of imide groups is 1. The number of aryl methyl sites for hydroxylation is 1. The predicted molar refractivity (Wildman–Crippen MR) is 107 cm³/mol. The Bertz CT molecular complexity index is 1020. The van der Waals surface area contributed by atoms with Crippen molar-refractivity contribution in [1.29, 1.82) is 0 Å². The molecule has 0 atom stereocenters. The van der Waals surface area contributed by atoms with Crippen LogP contribution in [-0.4, -0.2) is 43.2 Å². The summed E-state index contributed by atoms with van der Waals surface area (Å²) in [4.78, 5) is 37.7. The molecule has 29 heavy (non-hydrogen) atoms. The average Bonchev–Trinajstić information content (AvgIpc) is 3.16. The van der Waals surface area contributed by atoms with Gasteiger partial charge in [0.05, 0.1) is 0 Å². The van der Waals surface area contributed by atoms with E-state index >= 15 is 0 Å². The first-order chi connectivity index (χ1) is 13.9. The van der Waals surface area contributed by atoms with Crippen LogP contribution in [0.5, 0.6) is 0 Å². The van der Waals surface area contributed by atoms with Crippen molar-refractivity contribution in [3.05, 3.63) is 34.6 Å². The van der Waals surface area contributed by atoms with Crippen LogP contribution in [0.1, 0.15) is 37.7 Å². The lowest BCUT2D eigenvalue weighted by Crippen LogP contribution is -2.51. The molecule has 0 bridgehead atoms. The first kappa shape index (κ1) is 19.3. The van der Waals surface area contributed by atoms with Crippen LogP contribution in [-0.2, 0) is 16.1 Å². The lowest BCUT2D eigenvalue weighted by Gasteiger charge is -2.30. The van der Waals surface area contributed by atoms with E-state index in [1.165, 1.54) is 4.57 Å². The van der Waals surface area contributed by atoms with Crippen LogP contribution in [0.3, 0.4) is 0 Å². The molecular formula is C19H22N6O3S. The number of H-pyrrole nitrogens is 1. The summed E-state index contributed by atoms with van der Waals surface area (Å²) in [5, 5.41) is 10.5. The summed E-state index contributed by atoms with van der Waals surface area (Å²) in [6.07, 6.45) is 3.97. The zero-order valence-electron chi connectivity index (χ0n) is 16.0. The van der Waals surface area contributed by atoms with Crippen molar-refractivity contribution in [3.8, 4) is 11.4 Å². The second kappa shape index (κ2) is 7.43. The number of nitrogens with one attached hydrogen (secondary N) is 3. The third kappa shape index (κ3) is 3.55. The zero-order valence-corrected chi connectivity index (χ0v) is 16.8. The van der Waals surface area contributed by atoms with Crippen molar-refractivity contribution in [2.24, 2.45) is 0 Å². The highest BCUT2D eigenvalue weighted by Gasteiger charge is 2.52. The lowest BCUT2D eigenvalue weighted by atomic mass is 9.82. The smallest absolute Gasteiger partial charge is 0.322 e. The number of carbonyl (C=O) groups is 3. The van der Waals surface area contributed by atoms with Crippen LogP contribution in [0.25, 0.3) is 11.4 Å². The van der Waals surface area contributed by atoms with E-state index in [4.69, 9.17) is 12.2 Å². The van der Waals surface area contributed by atoms with Gasteiger partial charge in [-0.25, -0.2) is 4.79 Å². The van der Waals surface area contributed by atoms with Crippen molar-refractivity contribution in [1.82, 2.24) is 30.5 Å². The summed E-state index contributed by atoms with van der Waals surface area (Å²) < 4.78 is 1.81. The quantitative estimate of drug-likeness (QED) is 0.525. The van der Waals surface area contributed by atoms with Crippen molar-refractivity contribution >= 4 is 30.1 Å². The maximum atomic E-state index is 12.8. The first-order valence-corrected chi connectivity index (χ1v) is 9.99. The van der Waals surface area contributed by atoms with Crippen molar-refractivity contribution in [2.75, 3.05) is 0 Å². The maximum absolute atomic E-state index is 12.8. The van der Waals surface area contributed by atoms with Gasteiger partial charge in [0, 0.05) is 5.56 Å². The van der Waals surface area contributed by atoms with Gasteiger partial charge in [0.2, 0.25) is 0 Å². The number of urea groups is 1. The molecule has 1 aliphatic heterocycles. The fraction of sp³-hybridized carbons (Fsp3) is 0.421. The van der Waals surface area contributed by atoms with Gasteiger partial charge in [-0.05, 0) is 32.0 Å². The Hall–Kier alpha value is -3.01. The van der Waals surface area contributed by atoms with Crippen LogP contribution in [0.4, 0.5) is 4.79 Å². The van der Waals surface area contributed by atoms with Gasteiger partial charge in [0.25, 0.3) is 11.8 Å². The third-order valence-electron chi connectivity index (χ3n) is 5.48. The molecule has 0 radical (unpaired) electrons. The highest BCUT2D eigenvalue weighted by molar-refractivity contribution is 7.71. The van der Waals surface area contributed by atoms with Crippen LogP contribution in [0.15, 0.2) is 24.3 Å². The number of nitrogens with zero attached hydrogens (tertiary/aromatic N) is 3. The summed E-state index contributed by atoms with van der Waals surface area (Å²) in [7, 11) is 0. The van der Waals surface area contributed by atoms with E-state index in [1.807, 2.05) is 31.2 Å². The van der Waals surface area contributed by atoms with E-state index in [9.17, 15) is 14.4 Å². The minimum atomic E-state index is -0.887. The Balaban J connectivity index is 1.50.